The summed E-state index contributed by atoms with van der Waals surface area (Å²) < 4.78 is 5.12. The number of allylic oxidation sites excluding steroid dienone is 4. The van der Waals surface area contributed by atoms with Gasteiger partial charge in [-0.2, -0.15) is 0 Å². The maximum atomic E-state index is 13.1. The molecule has 0 heterocycles. The van der Waals surface area contributed by atoms with E-state index in [-0.39, 0.29) is 24.7 Å². The van der Waals surface area contributed by atoms with E-state index < -0.39 is 18.7 Å². The maximum Gasteiger partial charge on any atom is 0.306 e. The van der Waals surface area contributed by atoms with E-state index in [1.807, 2.05) is 0 Å². The molecule has 270 valence electrons. The number of hydrogen-bond acceptors (Lipinski definition) is 5. The Labute approximate surface area is 285 Å². The van der Waals surface area contributed by atoms with Crippen LogP contribution in [0.4, 0.5) is 0 Å². The van der Waals surface area contributed by atoms with Gasteiger partial charge in [-0.05, 0) is 44.9 Å². The van der Waals surface area contributed by atoms with Crippen LogP contribution in [0.15, 0.2) is 24.3 Å². The lowest BCUT2D eigenvalue weighted by Crippen LogP contribution is -2.25. The Balaban J connectivity index is 4.09. The smallest absolute Gasteiger partial charge is 0.306 e. The van der Waals surface area contributed by atoms with E-state index in [1.165, 1.54) is 122 Å². The van der Waals surface area contributed by atoms with Crippen molar-refractivity contribution in [2.45, 2.75) is 206 Å². The summed E-state index contributed by atoms with van der Waals surface area (Å²) in [5, 5.41) is 18.5. The van der Waals surface area contributed by atoms with Crippen molar-refractivity contribution in [3.05, 3.63) is 24.3 Å². The van der Waals surface area contributed by atoms with Crippen LogP contribution in [-0.4, -0.2) is 41.3 Å². The molecule has 0 rings (SSSR count). The molecule has 5 nitrogen and oxygen atoms in total. The highest BCUT2D eigenvalue weighted by molar-refractivity contribution is 5.85. The summed E-state index contributed by atoms with van der Waals surface area (Å²) in [5.41, 5.74) is 0. The van der Waals surface area contributed by atoms with Gasteiger partial charge in [-0.25, -0.2) is 0 Å². The number of esters is 1. The van der Waals surface area contributed by atoms with Crippen molar-refractivity contribution in [1.29, 1.82) is 0 Å². The molecular weight excluding hydrogens is 572 g/mol. The fourth-order valence-corrected chi connectivity index (χ4v) is 5.96. The van der Waals surface area contributed by atoms with Gasteiger partial charge in [-0.15, -0.1) is 0 Å². The van der Waals surface area contributed by atoms with E-state index in [0.717, 1.165) is 44.9 Å². The molecule has 0 aromatic carbocycles. The average molecular weight is 649 g/mol. The van der Waals surface area contributed by atoms with Gasteiger partial charge in [0.15, 0.2) is 0 Å². The number of aliphatic hydroxyl groups excluding tert-OH is 2. The van der Waals surface area contributed by atoms with Crippen LogP contribution in [0.1, 0.15) is 200 Å². The van der Waals surface area contributed by atoms with Crippen LogP contribution >= 0.6 is 0 Å². The standard InChI is InChI=1S/C41H76O5/c1-3-5-7-9-11-13-15-17-18-19-20-22-24-26-28-30-32-34-40(44)38(35-41(45)46-37-39(43)36-42)33-31-29-27-25-23-21-16-14-12-10-8-6-4-2/h12,14,21,23,38-39,42-43H,3-11,13,15-20,22,24-37H2,1-2H3/b14-12-,23-21-. The van der Waals surface area contributed by atoms with Gasteiger partial charge in [0.25, 0.3) is 0 Å². The molecule has 2 N–H and O–H groups in total. The zero-order valence-electron chi connectivity index (χ0n) is 30.5. The van der Waals surface area contributed by atoms with Crippen LogP contribution in [-0.2, 0) is 14.3 Å². The van der Waals surface area contributed by atoms with Crippen molar-refractivity contribution in [1.82, 2.24) is 0 Å². The molecule has 5 heteroatoms. The molecule has 0 aromatic rings. The molecule has 0 spiro atoms. The van der Waals surface area contributed by atoms with E-state index in [4.69, 9.17) is 9.84 Å². The first kappa shape index (κ1) is 44.5. The Morgan fingerprint density at radius 2 is 1.02 bits per heavy atom. The highest BCUT2D eigenvalue weighted by Gasteiger charge is 2.22. The summed E-state index contributed by atoms with van der Waals surface area (Å²) in [4.78, 5) is 25.4. The second kappa shape index (κ2) is 36.4. The van der Waals surface area contributed by atoms with Crippen molar-refractivity contribution in [3.8, 4) is 0 Å². The first-order chi connectivity index (χ1) is 22.5. The molecule has 0 aliphatic heterocycles. The Bertz CT molecular complexity index is 716. The van der Waals surface area contributed by atoms with E-state index in [1.54, 1.807) is 0 Å². The van der Waals surface area contributed by atoms with Crippen LogP contribution in [0.3, 0.4) is 0 Å². The molecule has 0 aliphatic carbocycles. The molecule has 0 bridgehead atoms. The Morgan fingerprint density at radius 1 is 0.587 bits per heavy atom. The lowest BCUT2D eigenvalue weighted by atomic mass is 9.90. The maximum absolute atomic E-state index is 13.1. The molecule has 2 atom stereocenters. The quantitative estimate of drug-likeness (QED) is 0.0401. The predicted molar refractivity (Wildman–Crippen MR) is 196 cm³/mol. The third-order valence-corrected chi connectivity index (χ3v) is 9.05. The molecule has 46 heavy (non-hydrogen) atoms. The predicted octanol–water partition coefficient (Wildman–Crippen LogP) is 11.5. The topological polar surface area (TPSA) is 83.8 Å². The molecule has 0 saturated carbocycles. The highest BCUT2D eigenvalue weighted by atomic mass is 16.5. The third-order valence-electron chi connectivity index (χ3n) is 9.05. The largest absolute Gasteiger partial charge is 0.463 e. The Hall–Kier alpha value is -1.46. The molecule has 0 aliphatic rings. The number of Topliss-reactive ketones (excluding diaryl/α,β-unsaturated/α-hetero) is 1. The summed E-state index contributed by atoms with van der Waals surface area (Å²) in [7, 11) is 0. The summed E-state index contributed by atoms with van der Waals surface area (Å²) >= 11 is 0. The second-order valence-electron chi connectivity index (χ2n) is 13.6. The van der Waals surface area contributed by atoms with Gasteiger partial charge in [0.1, 0.15) is 18.5 Å². The Kier molecular flexibility index (Phi) is 35.2. The summed E-state index contributed by atoms with van der Waals surface area (Å²) in [6.45, 7) is 3.84. The van der Waals surface area contributed by atoms with E-state index in [0.29, 0.717) is 12.8 Å². The van der Waals surface area contributed by atoms with Crippen LogP contribution in [0.25, 0.3) is 0 Å². The molecule has 0 aromatic heterocycles. The zero-order valence-corrected chi connectivity index (χ0v) is 30.5. The number of rotatable bonds is 36. The number of unbranched alkanes of at least 4 members (excludes halogenated alkanes) is 22. The third kappa shape index (κ3) is 32.5. The number of hydrogen-bond donors (Lipinski definition) is 2. The van der Waals surface area contributed by atoms with Gasteiger partial charge in [-0.3, -0.25) is 9.59 Å². The monoisotopic (exact) mass is 649 g/mol. The minimum absolute atomic E-state index is 0.0699. The van der Waals surface area contributed by atoms with Crippen molar-refractivity contribution in [2.24, 2.45) is 5.92 Å². The minimum Gasteiger partial charge on any atom is -0.463 e. The highest BCUT2D eigenvalue weighted by Crippen LogP contribution is 2.21. The summed E-state index contributed by atoms with van der Waals surface area (Å²) in [6.07, 6.45) is 41.7. The van der Waals surface area contributed by atoms with Crippen molar-refractivity contribution in [3.63, 3.8) is 0 Å². The second-order valence-corrected chi connectivity index (χ2v) is 13.6. The number of carbonyl (C=O) groups excluding carboxylic acids is 2. The summed E-state index contributed by atoms with van der Waals surface area (Å²) in [6, 6.07) is 0. The zero-order chi connectivity index (χ0) is 33.8. The molecule has 0 fully saturated rings. The van der Waals surface area contributed by atoms with Crippen LogP contribution in [0.2, 0.25) is 0 Å². The molecule has 0 saturated heterocycles. The summed E-state index contributed by atoms with van der Waals surface area (Å²) in [5.74, 6) is -0.599. The molecule has 0 amide bonds. The van der Waals surface area contributed by atoms with Gasteiger partial charge in [-0.1, -0.05) is 167 Å². The van der Waals surface area contributed by atoms with Gasteiger partial charge in [0, 0.05) is 12.3 Å². The number of carbonyl (C=O) groups is 2. The average Bonchev–Trinajstić information content (AvgIpc) is 3.06. The van der Waals surface area contributed by atoms with Gasteiger partial charge < -0.3 is 14.9 Å². The first-order valence-corrected chi connectivity index (χ1v) is 19.8. The fraction of sp³-hybridized carbons (Fsp3) is 0.854. The number of aliphatic hydroxyl groups is 2. The van der Waals surface area contributed by atoms with Crippen molar-refractivity contribution in [2.75, 3.05) is 13.2 Å². The number of ketones is 1. The van der Waals surface area contributed by atoms with Crippen LogP contribution in [0.5, 0.6) is 0 Å². The van der Waals surface area contributed by atoms with E-state index in [9.17, 15) is 14.7 Å². The first-order valence-electron chi connectivity index (χ1n) is 19.8. The fourth-order valence-electron chi connectivity index (χ4n) is 5.96. The van der Waals surface area contributed by atoms with Gasteiger partial charge in [0.2, 0.25) is 0 Å². The lowest BCUT2D eigenvalue weighted by molar-refractivity contribution is -0.150. The lowest BCUT2D eigenvalue weighted by Gasteiger charge is -2.16. The van der Waals surface area contributed by atoms with Crippen molar-refractivity contribution < 1.29 is 24.5 Å². The molecular formula is C41H76O5. The van der Waals surface area contributed by atoms with E-state index in [2.05, 4.69) is 38.2 Å². The van der Waals surface area contributed by atoms with Crippen molar-refractivity contribution >= 4 is 11.8 Å². The molecule has 2 unspecified atom stereocenters. The van der Waals surface area contributed by atoms with E-state index >= 15 is 0 Å². The molecule has 0 radical (unpaired) electrons. The Morgan fingerprint density at radius 3 is 1.52 bits per heavy atom. The van der Waals surface area contributed by atoms with Gasteiger partial charge in [0.05, 0.1) is 13.0 Å². The normalized spacial score (nSPS) is 13.1. The number of ether oxygens (including phenoxy) is 1. The minimum atomic E-state index is -1.07. The SMILES string of the molecule is CCCCC/C=C\C/C=C\CCCCCC(CC(=O)OCC(O)CO)C(=O)CCCCCCCCCCCCCCCCCCC. The van der Waals surface area contributed by atoms with Crippen LogP contribution in [0, 0.1) is 5.92 Å². The van der Waals surface area contributed by atoms with Crippen LogP contribution < -0.4 is 0 Å². The van der Waals surface area contributed by atoms with Gasteiger partial charge >= 0.3 is 5.97 Å².